The van der Waals surface area contributed by atoms with Crippen molar-refractivity contribution in [1.29, 1.82) is 0 Å². The molecule has 0 spiro atoms. The van der Waals surface area contributed by atoms with Crippen LogP contribution in [0, 0.1) is 6.92 Å². The van der Waals surface area contributed by atoms with Crippen LogP contribution < -0.4 is 0 Å². The molecule has 3 aromatic rings. The molecule has 0 saturated heterocycles. The number of rotatable bonds is 2. The molecule has 2 heterocycles. The molecule has 0 aliphatic heterocycles. The van der Waals surface area contributed by atoms with E-state index < -0.39 is 0 Å². The molecule has 0 aliphatic rings. The van der Waals surface area contributed by atoms with E-state index in [1.807, 2.05) is 18.3 Å². The molecule has 0 bridgehead atoms. The summed E-state index contributed by atoms with van der Waals surface area (Å²) in [5, 5.41) is 14.7. The molecule has 6 heteroatoms. The Labute approximate surface area is 110 Å². The van der Waals surface area contributed by atoms with Crippen molar-refractivity contribution in [2.75, 3.05) is 0 Å². The van der Waals surface area contributed by atoms with Crippen LogP contribution in [0.5, 0.6) is 0 Å². The van der Waals surface area contributed by atoms with Gasteiger partial charge in [0.1, 0.15) is 12.7 Å². The minimum atomic E-state index is 0. The number of hydrogen-bond donors (Lipinski definition) is 1. The zero-order valence-electron chi connectivity index (χ0n) is 9.74. The van der Waals surface area contributed by atoms with Crippen LogP contribution in [-0.4, -0.2) is 25.0 Å². The first-order valence-corrected chi connectivity index (χ1v) is 5.31. The van der Waals surface area contributed by atoms with Crippen molar-refractivity contribution in [3.63, 3.8) is 0 Å². The summed E-state index contributed by atoms with van der Waals surface area (Å²) in [6.45, 7) is 2.08. The monoisotopic (exact) mass is 261 g/mol. The predicted octanol–water partition coefficient (Wildman–Crippen LogP) is 2.39. The maximum Gasteiger partial charge on any atom is 0.168 e. The summed E-state index contributed by atoms with van der Waals surface area (Å²) in [6, 6.07) is 8.20. The number of H-pyrrole nitrogens is 1. The van der Waals surface area contributed by atoms with Gasteiger partial charge in [-0.3, -0.25) is 9.67 Å². The van der Waals surface area contributed by atoms with Crippen molar-refractivity contribution < 1.29 is 0 Å². The quantitative estimate of drug-likeness (QED) is 0.771. The molecule has 1 N–H and O–H groups in total. The topological polar surface area (TPSA) is 59.4 Å². The van der Waals surface area contributed by atoms with Gasteiger partial charge < -0.3 is 0 Å². The molecule has 0 saturated carbocycles. The number of aromatic amines is 1. The molecular weight excluding hydrogens is 250 g/mol. The molecule has 0 unspecified atom stereocenters. The van der Waals surface area contributed by atoms with E-state index in [9.17, 15) is 0 Å². The average Bonchev–Trinajstić information content (AvgIpc) is 3.00. The first kappa shape index (κ1) is 12.3. The lowest BCUT2D eigenvalue weighted by molar-refractivity contribution is 0.954. The fourth-order valence-electron chi connectivity index (χ4n) is 1.86. The molecular formula is C12H12ClN5. The first-order valence-electron chi connectivity index (χ1n) is 5.31. The first-order chi connectivity index (χ1) is 8.36. The third-order valence-electron chi connectivity index (χ3n) is 2.72. The van der Waals surface area contributed by atoms with Crippen molar-refractivity contribution >= 4 is 12.4 Å². The van der Waals surface area contributed by atoms with Crippen LogP contribution in [0.25, 0.3) is 16.9 Å². The number of nitrogens with one attached hydrogen (secondary N) is 1. The van der Waals surface area contributed by atoms with Crippen LogP contribution in [0.3, 0.4) is 0 Å². The molecule has 0 radical (unpaired) electrons. The van der Waals surface area contributed by atoms with Gasteiger partial charge >= 0.3 is 0 Å². The maximum absolute atomic E-state index is 4.23. The van der Waals surface area contributed by atoms with Crippen LogP contribution >= 0.6 is 12.4 Å². The number of aryl methyl sites for hydroxylation is 1. The van der Waals surface area contributed by atoms with Gasteiger partial charge in [-0.15, -0.1) is 22.6 Å². The second-order valence-corrected chi connectivity index (χ2v) is 3.81. The summed E-state index contributed by atoms with van der Waals surface area (Å²) < 4.78 is 1.79. The van der Waals surface area contributed by atoms with E-state index >= 15 is 0 Å². The Bertz CT molecular complexity index is 629. The van der Waals surface area contributed by atoms with Gasteiger partial charge in [0, 0.05) is 11.8 Å². The van der Waals surface area contributed by atoms with Gasteiger partial charge in [-0.25, -0.2) is 0 Å². The van der Waals surface area contributed by atoms with Gasteiger partial charge in [-0.2, -0.15) is 5.10 Å². The molecule has 0 amide bonds. The second-order valence-electron chi connectivity index (χ2n) is 3.81. The van der Waals surface area contributed by atoms with Crippen molar-refractivity contribution in [3.05, 3.63) is 48.7 Å². The number of aromatic nitrogens is 5. The van der Waals surface area contributed by atoms with E-state index in [0.29, 0.717) is 0 Å². The van der Waals surface area contributed by atoms with E-state index in [2.05, 4.69) is 39.5 Å². The molecule has 0 fully saturated rings. The molecule has 1 aromatic carbocycles. The van der Waals surface area contributed by atoms with Crippen molar-refractivity contribution in [1.82, 2.24) is 25.0 Å². The standard InChI is InChI=1S/C12H11N5.ClH/c1-9-4-2-3-5-10(9)11-6-13-16-12(11)17-7-14-15-8-17;/h2-8H,1H3,(H,13,16);1H. The Morgan fingerprint density at radius 2 is 1.78 bits per heavy atom. The van der Waals surface area contributed by atoms with E-state index in [-0.39, 0.29) is 12.4 Å². The van der Waals surface area contributed by atoms with Gasteiger partial charge in [0.15, 0.2) is 5.82 Å². The van der Waals surface area contributed by atoms with Gasteiger partial charge in [-0.05, 0) is 18.1 Å². The highest BCUT2D eigenvalue weighted by atomic mass is 35.5. The molecule has 5 nitrogen and oxygen atoms in total. The number of benzene rings is 1. The molecule has 0 atom stereocenters. The van der Waals surface area contributed by atoms with Crippen LogP contribution in [0.2, 0.25) is 0 Å². The lowest BCUT2D eigenvalue weighted by Crippen LogP contribution is -1.94. The van der Waals surface area contributed by atoms with Gasteiger partial charge in [0.05, 0.1) is 0 Å². The number of hydrogen-bond acceptors (Lipinski definition) is 3. The number of nitrogens with zero attached hydrogens (tertiary/aromatic N) is 4. The smallest absolute Gasteiger partial charge is 0.168 e. The largest absolute Gasteiger partial charge is 0.283 e. The summed E-state index contributed by atoms with van der Waals surface area (Å²) in [7, 11) is 0. The van der Waals surface area contributed by atoms with Crippen LogP contribution in [0.1, 0.15) is 5.56 Å². The molecule has 18 heavy (non-hydrogen) atoms. The van der Waals surface area contributed by atoms with E-state index in [0.717, 1.165) is 16.9 Å². The van der Waals surface area contributed by atoms with E-state index in [1.54, 1.807) is 17.2 Å². The summed E-state index contributed by atoms with van der Waals surface area (Å²) in [6.07, 6.45) is 5.16. The fourth-order valence-corrected chi connectivity index (χ4v) is 1.86. The van der Waals surface area contributed by atoms with Gasteiger partial charge in [0.2, 0.25) is 0 Å². The Balaban J connectivity index is 0.00000120. The Morgan fingerprint density at radius 1 is 1.06 bits per heavy atom. The molecule has 2 aromatic heterocycles. The lowest BCUT2D eigenvalue weighted by atomic mass is 10.0. The fraction of sp³-hybridized carbons (Fsp3) is 0.0833. The Kier molecular flexibility index (Phi) is 3.43. The molecule has 3 rings (SSSR count). The highest BCUT2D eigenvalue weighted by Gasteiger charge is 2.11. The van der Waals surface area contributed by atoms with E-state index in [4.69, 9.17) is 0 Å². The molecule has 92 valence electrons. The lowest BCUT2D eigenvalue weighted by Gasteiger charge is -2.05. The van der Waals surface area contributed by atoms with Gasteiger partial charge in [-0.1, -0.05) is 24.3 Å². The van der Waals surface area contributed by atoms with Crippen LogP contribution in [-0.2, 0) is 0 Å². The summed E-state index contributed by atoms with van der Waals surface area (Å²) in [5.41, 5.74) is 3.41. The normalized spacial score (nSPS) is 10.1. The second kappa shape index (κ2) is 5.01. The highest BCUT2D eigenvalue weighted by Crippen LogP contribution is 2.27. The van der Waals surface area contributed by atoms with Crippen molar-refractivity contribution in [3.8, 4) is 16.9 Å². The Morgan fingerprint density at radius 3 is 2.50 bits per heavy atom. The Hall–Kier alpha value is -2.14. The van der Waals surface area contributed by atoms with Crippen LogP contribution in [0.15, 0.2) is 43.1 Å². The predicted molar refractivity (Wildman–Crippen MR) is 70.9 cm³/mol. The molecule has 0 aliphatic carbocycles. The third kappa shape index (κ3) is 2.00. The average molecular weight is 262 g/mol. The minimum Gasteiger partial charge on any atom is -0.283 e. The zero-order valence-corrected chi connectivity index (χ0v) is 10.6. The zero-order chi connectivity index (χ0) is 11.7. The van der Waals surface area contributed by atoms with E-state index in [1.165, 1.54) is 5.56 Å². The summed E-state index contributed by atoms with van der Waals surface area (Å²) in [4.78, 5) is 0. The number of halogens is 1. The van der Waals surface area contributed by atoms with Crippen LogP contribution in [0.4, 0.5) is 0 Å². The SMILES string of the molecule is Cc1ccccc1-c1c[nH]nc1-n1cnnc1.Cl. The maximum atomic E-state index is 4.23. The minimum absolute atomic E-state index is 0. The third-order valence-corrected chi connectivity index (χ3v) is 2.72. The summed E-state index contributed by atoms with van der Waals surface area (Å²) in [5.74, 6) is 0.810. The highest BCUT2D eigenvalue weighted by molar-refractivity contribution is 5.85. The van der Waals surface area contributed by atoms with Crippen molar-refractivity contribution in [2.24, 2.45) is 0 Å². The van der Waals surface area contributed by atoms with Crippen molar-refractivity contribution in [2.45, 2.75) is 6.92 Å². The van der Waals surface area contributed by atoms with Gasteiger partial charge in [0.25, 0.3) is 0 Å². The summed E-state index contributed by atoms with van der Waals surface area (Å²) >= 11 is 0.